The van der Waals surface area contributed by atoms with Crippen LogP contribution in [0.3, 0.4) is 0 Å². The Morgan fingerprint density at radius 3 is 2.45 bits per heavy atom. The highest BCUT2D eigenvalue weighted by Crippen LogP contribution is 2.27. The molecule has 6 nitrogen and oxygen atoms in total. The van der Waals surface area contributed by atoms with Gasteiger partial charge in [-0.15, -0.1) is 10.2 Å². The van der Waals surface area contributed by atoms with E-state index in [2.05, 4.69) is 75.8 Å². The Kier molecular flexibility index (Phi) is 8.97. The van der Waals surface area contributed by atoms with Crippen LogP contribution in [0, 0.1) is 5.92 Å². The van der Waals surface area contributed by atoms with Crippen molar-refractivity contribution in [2.24, 2.45) is 5.92 Å². The molecule has 0 saturated carbocycles. The average molecular weight is 532 g/mol. The third-order valence-electron chi connectivity index (χ3n) is 4.96. The molecule has 3 aromatic rings. The minimum atomic E-state index is -0.272. The van der Waals surface area contributed by atoms with Crippen molar-refractivity contribution in [3.63, 3.8) is 0 Å². The van der Waals surface area contributed by atoms with Gasteiger partial charge >= 0.3 is 0 Å². The van der Waals surface area contributed by atoms with Gasteiger partial charge < -0.3 is 14.6 Å². The Morgan fingerprint density at radius 2 is 1.82 bits per heavy atom. The molecule has 0 radical (unpaired) electrons. The first kappa shape index (κ1) is 25.3. The molecular weight excluding hydrogens is 500 g/mol. The van der Waals surface area contributed by atoms with Crippen LogP contribution in [0.25, 0.3) is 0 Å². The molecule has 1 unspecified atom stereocenters. The molecule has 1 N–H and O–H groups in total. The summed E-state index contributed by atoms with van der Waals surface area (Å²) in [7, 11) is 0. The summed E-state index contributed by atoms with van der Waals surface area (Å²) in [5.74, 6) is 2.58. The molecule has 1 heterocycles. The number of nitrogens with zero attached hydrogens (tertiary/aromatic N) is 3. The molecule has 0 aliphatic rings. The van der Waals surface area contributed by atoms with E-state index in [9.17, 15) is 4.79 Å². The predicted molar refractivity (Wildman–Crippen MR) is 138 cm³/mol. The number of thioether (sulfide) groups is 1. The number of anilines is 1. The molecule has 3 rings (SSSR count). The normalized spacial score (nSPS) is 12.2. The van der Waals surface area contributed by atoms with Crippen LogP contribution in [0.5, 0.6) is 5.75 Å². The Morgan fingerprint density at radius 1 is 1.09 bits per heavy atom. The fraction of sp³-hybridized carbons (Fsp3) is 0.400. The third-order valence-corrected chi connectivity index (χ3v) is 6.42. The monoisotopic (exact) mass is 530 g/mol. The Balaban J connectivity index is 1.68. The summed E-state index contributed by atoms with van der Waals surface area (Å²) < 4.78 is 9.15. The molecule has 8 heteroatoms. The molecule has 0 saturated heterocycles. The van der Waals surface area contributed by atoms with Crippen LogP contribution < -0.4 is 10.1 Å². The van der Waals surface area contributed by atoms with Crippen LogP contribution in [-0.4, -0.2) is 26.4 Å². The molecule has 0 spiro atoms. The van der Waals surface area contributed by atoms with Gasteiger partial charge in [0.05, 0.1) is 5.75 Å². The third kappa shape index (κ3) is 7.33. The number of carbonyl (C=O) groups is 1. The number of hydrogen-bond acceptors (Lipinski definition) is 5. The van der Waals surface area contributed by atoms with E-state index < -0.39 is 0 Å². The zero-order valence-electron chi connectivity index (χ0n) is 19.7. The number of rotatable bonds is 10. The summed E-state index contributed by atoms with van der Waals surface area (Å²) in [5, 5.41) is 12.4. The van der Waals surface area contributed by atoms with Crippen LogP contribution in [0.4, 0.5) is 5.69 Å². The lowest BCUT2D eigenvalue weighted by Gasteiger charge is -2.18. The van der Waals surface area contributed by atoms with Gasteiger partial charge in [-0.25, -0.2) is 0 Å². The Labute approximate surface area is 208 Å². The maximum absolute atomic E-state index is 12.5. The first-order valence-electron chi connectivity index (χ1n) is 11.1. The van der Waals surface area contributed by atoms with E-state index in [4.69, 9.17) is 4.74 Å². The number of halogens is 1. The maximum Gasteiger partial charge on any atom is 0.234 e. The SMILES string of the molecule is CC(C)Cn1c(SCC(=O)Nc2cccc(Br)c2)nnc1C(C)Oc1ccc(C(C)C)cc1. The first-order valence-corrected chi connectivity index (χ1v) is 12.9. The fourth-order valence-electron chi connectivity index (χ4n) is 3.33. The van der Waals surface area contributed by atoms with Gasteiger partial charge in [-0.1, -0.05) is 73.6 Å². The van der Waals surface area contributed by atoms with Gasteiger partial charge in [0.2, 0.25) is 5.91 Å². The van der Waals surface area contributed by atoms with Crippen molar-refractivity contribution >= 4 is 39.3 Å². The van der Waals surface area contributed by atoms with Crippen molar-refractivity contribution in [2.45, 2.75) is 58.3 Å². The molecule has 0 fully saturated rings. The summed E-state index contributed by atoms with van der Waals surface area (Å²) >= 11 is 4.80. The van der Waals surface area contributed by atoms with E-state index in [1.807, 2.05) is 43.3 Å². The lowest BCUT2D eigenvalue weighted by atomic mass is 10.0. The van der Waals surface area contributed by atoms with Gasteiger partial charge in [0.25, 0.3) is 0 Å². The smallest absolute Gasteiger partial charge is 0.234 e. The molecular formula is C25H31BrN4O2S. The van der Waals surface area contributed by atoms with Crippen LogP contribution >= 0.6 is 27.7 Å². The van der Waals surface area contributed by atoms with E-state index in [0.29, 0.717) is 17.0 Å². The number of carbonyl (C=O) groups excluding carboxylic acids is 1. The second-order valence-electron chi connectivity index (χ2n) is 8.68. The second-order valence-corrected chi connectivity index (χ2v) is 10.5. The van der Waals surface area contributed by atoms with E-state index in [1.54, 1.807) is 0 Å². The van der Waals surface area contributed by atoms with Crippen molar-refractivity contribution in [1.82, 2.24) is 14.8 Å². The fourth-order valence-corrected chi connectivity index (χ4v) is 4.48. The summed E-state index contributed by atoms with van der Waals surface area (Å²) in [5.41, 5.74) is 2.03. The van der Waals surface area contributed by atoms with Gasteiger partial charge in [-0.2, -0.15) is 0 Å². The van der Waals surface area contributed by atoms with E-state index in [0.717, 1.165) is 28.3 Å². The minimum absolute atomic E-state index is 0.0895. The molecule has 33 heavy (non-hydrogen) atoms. The van der Waals surface area contributed by atoms with Gasteiger partial charge in [-0.3, -0.25) is 4.79 Å². The largest absolute Gasteiger partial charge is 0.483 e. The van der Waals surface area contributed by atoms with E-state index >= 15 is 0 Å². The molecule has 0 bridgehead atoms. The van der Waals surface area contributed by atoms with Crippen molar-refractivity contribution in [1.29, 1.82) is 0 Å². The lowest BCUT2D eigenvalue weighted by Crippen LogP contribution is -2.17. The number of hydrogen-bond donors (Lipinski definition) is 1. The minimum Gasteiger partial charge on any atom is -0.483 e. The number of ether oxygens (including phenoxy) is 1. The molecule has 176 valence electrons. The van der Waals surface area contributed by atoms with Gasteiger partial charge in [0.15, 0.2) is 17.1 Å². The van der Waals surface area contributed by atoms with Gasteiger partial charge in [0.1, 0.15) is 5.75 Å². The van der Waals surface area contributed by atoms with E-state index in [1.165, 1.54) is 17.3 Å². The molecule has 0 aliphatic carbocycles. The first-order chi connectivity index (χ1) is 15.7. The second kappa shape index (κ2) is 11.7. The van der Waals surface area contributed by atoms with Gasteiger partial charge in [0, 0.05) is 16.7 Å². The summed E-state index contributed by atoms with van der Waals surface area (Å²) in [4.78, 5) is 12.5. The average Bonchev–Trinajstić information content (AvgIpc) is 3.14. The number of nitrogens with one attached hydrogen (secondary N) is 1. The Bertz CT molecular complexity index is 1070. The Hall–Kier alpha value is -2.32. The highest BCUT2D eigenvalue weighted by atomic mass is 79.9. The van der Waals surface area contributed by atoms with Gasteiger partial charge in [-0.05, 0) is 54.7 Å². The van der Waals surface area contributed by atoms with E-state index in [-0.39, 0.29) is 17.8 Å². The maximum atomic E-state index is 12.5. The number of aromatic nitrogens is 3. The number of benzene rings is 2. The number of amides is 1. The van der Waals surface area contributed by atoms with Crippen molar-refractivity contribution < 1.29 is 9.53 Å². The zero-order chi connectivity index (χ0) is 24.0. The van der Waals surface area contributed by atoms with Crippen molar-refractivity contribution in [3.8, 4) is 5.75 Å². The molecule has 1 amide bonds. The van der Waals surface area contributed by atoms with Crippen molar-refractivity contribution in [2.75, 3.05) is 11.1 Å². The highest BCUT2D eigenvalue weighted by Gasteiger charge is 2.21. The predicted octanol–water partition coefficient (Wildman–Crippen LogP) is 6.69. The lowest BCUT2D eigenvalue weighted by molar-refractivity contribution is -0.113. The van der Waals surface area contributed by atoms with Crippen LogP contribution in [0.1, 0.15) is 58.0 Å². The van der Waals surface area contributed by atoms with Crippen LogP contribution in [0.15, 0.2) is 58.2 Å². The standard InChI is InChI=1S/C25H31BrN4O2S/c1-16(2)14-30-24(18(5)32-22-11-9-19(10-12-22)17(3)4)28-29-25(30)33-15-23(31)27-21-8-6-7-20(26)13-21/h6-13,16-18H,14-15H2,1-5H3,(H,27,31). The summed E-state index contributed by atoms with van der Waals surface area (Å²) in [6, 6.07) is 15.7. The highest BCUT2D eigenvalue weighted by molar-refractivity contribution is 9.10. The van der Waals surface area contributed by atoms with Crippen LogP contribution in [0.2, 0.25) is 0 Å². The molecule has 2 aromatic carbocycles. The summed E-state index contributed by atoms with van der Waals surface area (Å²) in [6.45, 7) is 11.4. The van der Waals surface area contributed by atoms with Crippen LogP contribution in [-0.2, 0) is 11.3 Å². The summed E-state index contributed by atoms with van der Waals surface area (Å²) in [6.07, 6.45) is -0.272. The quantitative estimate of drug-likeness (QED) is 0.295. The topological polar surface area (TPSA) is 69.0 Å². The molecule has 1 aromatic heterocycles. The molecule has 0 aliphatic heterocycles. The molecule has 1 atom stereocenters. The van der Waals surface area contributed by atoms with Crippen molar-refractivity contribution in [3.05, 3.63) is 64.4 Å². The zero-order valence-corrected chi connectivity index (χ0v) is 22.1.